The summed E-state index contributed by atoms with van der Waals surface area (Å²) in [7, 11) is 0. The minimum absolute atomic E-state index is 0.0729. The maximum Gasteiger partial charge on any atom is 0.305 e. The molecule has 0 aromatic heterocycles. The van der Waals surface area contributed by atoms with Gasteiger partial charge in [0.05, 0.1) is 11.4 Å². The lowest BCUT2D eigenvalue weighted by molar-refractivity contribution is -0.137. The molecular formula is C27H24Cl2FNO4. The highest BCUT2D eigenvalue weighted by molar-refractivity contribution is 6.30. The van der Waals surface area contributed by atoms with Crippen LogP contribution in [0.4, 0.5) is 4.39 Å². The molecule has 3 aromatic carbocycles. The molecular weight excluding hydrogens is 492 g/mol. The van der Waals surface area contributed by atoms with Crippen molar-refractivity contribution in [1.29, 1.82) is 0 Å². The quantitative estimate of drug-likeness (QED) is 0.388. The first-order valence-electron chi connectivity index (χ1n) is 11.1. The molecule has 0 saturated heterocycles. The Morgan fingerprint density at radius 2 is 1.77 bits per heavy atom. The number of ether oxygens (including phenoxy) is 1. The summed E-state index contributed by atoms with van der Waals surface area (Å²) >= 11 is 11.8. The molecule has 1 N–H and O–H groups in total. The number of hydrogen-bond acceptors (Lipinski definition) is 3. The van der Waals surface area contributed by atoms with Crippen LogP contribution < -0.4 is 4.74 Å². The smallest absolute Gasteiger partial charge is 0.305 e. The van der Waals surface area contributed by atoms with Crippen molar-refractivity contribution in [2.45, 2.75) is 38.3 Å². The maximum atomic E-state index is 13.9. The molecule has 1 aliphatic rings. The summed E-state index contributed by atoms with van der Waals surface area (Å²) in [6.45, 7) is 2.28. The van der Waals surface area contributed by atoms with Gasteiger partial charge >= 0.3 is 5.97 Å². The van der Waals surface area contributed by atoms with Crippen molar-refractivity contribution >= 4 is 35.1 Å². The highest BCUT2D eigenvalue weighted by atomic mass is 35.5. The zero-order valence-corrected chi connectivity index (χ0v) is 20.6. The van der Waals surface area contributed by atoms with Gasteiger partial charge in [0.2, 0.25) is 0 Å². The lowest BCUT2D eigenvalue weighted by atomic mass is 9.91. The first kappa shape index (κ1) is 25.0. The third-order valence-corrected chi connectivity index (χ3v) is 6.52. The molecule has 0 unspecified atom stereocenters. The highest BCUT2D eigenvalue weighted by Gasteiger charge is 2.35. The van der Waals surface area contributed by atoms with E-state index in [0.717, 1.165) is 16.7 Å². The monoisotopic (exact) mass is 515 g/mol. The summed E-state index contributed by atoms with van der Waals surface area (Å²) in [6, 6.07) is 17.0. The molecule has 8 heteroatoms. The fraction of sp³-hybridized carbons (Fsp3) is 0.259. The molecule has 0 aliphatic carbocycles. The van der Waals surface area contributed by atoms with Gasteiger partial charge < -0.3 is 14.7 Å². The standard InChI is InChI=1S/C27H24Cl2FNO4/c1-27(14-18-4-8-22(29)23(30)12-18)15-20-13-19(5-9-24(20)35-27)26(34)31(11-10-25(32)33)16-17-2-6-21(28)7-3-17/h2-9,12-13H,10-11,14-16H2,1H3,(H,32,33)/t27-/m0/s1. The molecule has 0 radical (unpaired) electrons. The van der Waals surface area contributed by atoms with Crippen molar-refractivity contribution in [1.82, 2.24) is 4.90 Å². The number of carboxylic acids is 1. The van der Waals surface area contributed by atoms with Gasteiger partial charge in [0.1, 0.15) is 17.2 Å². The van der Waals surface area contributed by atoms with E-state index in [1.807, 2.05) is 19.1 Å². The van der Waals surface area contributed by atoms with E-state index in [9.17, 15) is 14.0 Å². The molecule has 0 bridgehead atoms. The normalized spacial score (nSPS) is 16.5. The lowest BCUT2D eigenvalue weighted by Crippen LogP contribution is -2.33. The molecule has 5 nitrogen and oxygen atoms in total. The van der Waals surface area contributed by atoms with Crippen molar-refractivity contribution in [2.24, 2.45) is 0 Å². The van der Waals surface area contributed by atoms with Crippen LogP contribution in [-0.2, 0) is 24.2 Å². The van der Waals surface area contributed by atoms with Crippen LogP contribution in [0.25, 0.3) is 0 Å². The molecule has 0 saturated carbocycles. The molecule has 35 heavy (non-hydrogen) atoms. The molecule has 1 amide bonds. The van der Waals surface area contributed by atoms with E-state index in [-0.39, 0.29) is 30.4 Å². The Balaban J connectivity index is 1.52. The highest BCUT2D eigenvalue weighted by Crippen LogP contribution is 2.38. The van der Waals surface area contributed by atoms with E-state index >= 15 is 0 Å². The van der Waals surface area contributed by atoms with E-state index in [1.54, 1.807) is 36.4 Å². The van der Waals surface area contributed by atoms with Crippen LogP contribution in [0.5, 0.6) is 5.75 Å². The number of amides is 1. The minimum atomic E-state index is -0.976. The van der Waals surface area contributed by atoms with Crippen molar-refractivity contribution in [2.75, 3.05) is 6.54 Å². The van der Waals surface area contributed by atoms with Crippen LogP contribution in [-0.4, -0.2) is 34.0 Å². The average Bonchev–Trinajstić information content (AvgIpc) is 3.14. The summed E-state index contributed by atoms with van der Waals surface area (Å²) in [4.78, 5) is 26.1. The second-order valence-corrected chi connectivity index (χ2v) is 9.82. The van der Waals surface area contributed by atoms with Crippen LogP contribution >= 0.6 is 23.2 Å². The Bertz CT molecular complexity index is 1260. The van der Waals surface area contributed by atoms with Gasteiger partial charge in [-0.15, -0.1) is 0 Å². The molecule has 0 spiro atoms. The summed E-state index contributed by atoms with van der Waals surface area (Å²) in [6.07, 6.45) is 0.851. The molecule has 1 heterocycles. The summed E-state index contributed by atoms with van der Waals surface area (Å²) in [5, 5.41) is 9.81. The van der Waals surface area contributed by atoms with E-state index in [2.05, 4.69) is 0 Å². The van der Waals surface area contributed by atoms with Gasteiger partial charge in [0, 0.05) is 36.5 Å². The van der Waals surface area contributed by atoms with Crippen LogP contribution in [0.15, 0.2) is 60.7 Å². The molecule has 1 atom stereocenters. The van der Waals surface area contributed by atoms with E-state index < -0.39 is 17.4 Å². The third kappa shape index (κ3) is 6.13. The first-order chi connectivity index (χ1) is 16.6. The second-order valence-electron chi connectivity index (χ2n) is 8.97. The van der Waals surface area contributed by atoms with Crippen molar-refractivity contribution in [3.63, 3.8) is 0 Å². The first-order valence-corrected chi connectivity index (χ1v) is 11.9. The average molecular weight is 516 g/mol. The Kier molecular flexibility index (Phi) is 7.33. The lowest BCUT2D eigenvalue weighted by Gasteiger charge is -2.24. The zero-order chi connectivity index (χ0) is 25.2. The third-order valence-electron chi connectivity index (χ3n) is 5.96. The van der Waals surface area contributed by atoms with Crippen molar-refractivity contribution in [3.05, 3.63) is 98.8 Å². The number of fused-ring (bicyclic) bond motifs is 1. The Labute approximate surface area is 213 Å². The number of rotatable bonds is 8. The van der Waals surface area contributed by atoms with Crippen LogP contribution in [0, 0.1) is 5.82 Å². The number of nitrogens with zero attached hydrogens (tertiary/aromatic N) is 1. The van der Waals surface area contributed by atoms with Gasteiger partial charge in [-0.05, 0) is 66.1 Å². The Morgan fingerprint density at radius 1 is 1.06 bits per heavy atom. The number of carbonyl (C=O) groups is 2. The van der Waals surface area contributed by atoms with E-state index in [0.29, 0.717) is 29.2 Å². The van der Waals surface area contributed by atoms with Crippen molar-refractivity contribution < 1.29 is 23.8 Å². The molecule has 182 valence electrons. The van der Waals surface area contributed by atoms with Crippen LogP contribution in [0.1, 0.15) is 40.4 Å². The van der Waals surface area contributed by atoms with Gasteiger partial charge in [-0.3, -0.25) is 9.59 Å². The largest absolute Gasteiger partial charge is 0.487 e. The number of halogens is 3. The van der Waals surface area contributed by atoms with E-state index in [4.69, 9.17) is 33.0 Å². The van der Waals surface area contributed by atoms with Gasteiger partial charge in [0.25, 0.3) is 5.91 Å². The van der Waals surface area contributed by atoms with Gasteiger partial charge in [-0.25, -0.2) is 4.39 Å². The van der Waals surface area contributed by atoms with Gasteiger partial charge in [-0.1, -0.05) is 41.4 Å². The zero-order valence-electron chi connectivity index (χ0n) is 19.1. The number of benzene rings is 3. The predicted octanol–water partition coefficient (Wildman–Crippen LogP) is 6.19. The fourth-order valence-corrected chi connectivity index (χ4v) is 4.55. The van der Waals surface area contributed by atoms with E-state index in [1.165, 1.54) is 17.0 Å². The number of carbonyl (C=O) groups excluding carboxylic acids is 1. The fourth-order valence-electron chi connectivity index (χ4n) is 4.31. The number of carboxylic acid groups (broad SMARTS) is 1. The second kappa shape index (κ2) is 10.3. The summed E-state index contributed by atoms with van der Waals surface area (Å²) in [5.74, 6) is -1.04. The summed E-state index contributed by atoms with van der Waals surface area (Å²) in [5.41, 5.74) is 2.34. The molecule has 0 fully saturated rings. The molecule has 4 rings (SSSR count). The molecule has 1 aliphatic heterocycles. The number of hydrogen-bond donors (Lipinski definition) is 1. The van der Waals surface area contributed by atoms with Crippen LogP contribution in [0.3, 0.4) is 0 Å². The summed E-state index contributed by atoms with van der Waals surface area (Å²) < 4.78 is 20.1. The predicted molar refractivity (Wildman–Crippen MR) is 133 cm³/mol. The Hall–Kier alpha value is -3.09. The van der Waals surface area contributed by atoms with Crippen molar-refractivity contribution in [3.8, 4) is 5.75 Å². The van der Waals surface area contributed by atoms with Gasteiger partial charge in [0.15, 0.2) is 0 Å². The topological polar surface area (TPSA) is 66.8 Å². The SMILES string of the molecule is C[C@]1(Cc2ccc(Cl)c(F)c2)Cc2cc(C(=O)N(CCC(=O)O)Cc3ccc(Cl)cc3)ccc2O1. The Morgan fingerprint density at radius 3 is 2.46 bits per heavy atom. The maximum absolute atomic E-state index is 13.9. The molecule has 3 aromatic rings. The van der Waals surface area contributed by atoms with Crippen LogP contribution in [0.2, 0.25) is 10.0 Å². The minimum Gasteiger partial charge on any atom is -0.487 e. The van der Waals surface area contributed by atoms with Gasteiger partial charge in [-0.2, -0.15) is 0 Å². The number of aliphatic carboxylic acids is 1.